The molecule has 0 spiro atoms. The summed E-state index contributed by atoms with van der Waals surface area (Å²) in [6.45, 7) is 8.29. The molecule has 0 aromatic carbocycles. The summed E-state index contributed by atoms with van der Waals surface area (Å²) in [5.74, 6) is 0.864. The first-order chi connectivity index (χ1) is 6.25. The Balaban J connectivity index is 2.30. The van der Waals surface area contributed by atoms with Crippen molar-refractivity contribution in [3.8, 4) is 0 Å². The van der Waals surface area contributed by atoms with Crippen molar-refractivity contribution in [1.82, 2.24) is 10.2 Å². The number of nitrogens with one attached hydrogen (secondary N) is 1. The van der Waals surface area contributed by atoms with E-state index >= 15 is 0 Å². The monoisotopic (exact) mass is 184 g/mol. The highest BCUT2D eigenvalue weighted by Crippen LogP contribution is 2.16. The molecule has 1 fully saturated rings. The number of likely N-dealkylation sites (N-methyl/N-ethyl adjacent to an activating group) is 1. The van der Waals surface area contributed by atoms with Gasteiger partial charge in [0.2, 0.25) is 0 Å². The number of hydrogen-bond donors (Lipinski definition) is 1. The van der Waals surface area contributed by atoms with E-state index in [9.17, 15) is 0 Å². The van der Waals surface area contributed by atoms with E-state index in [0.29, 0.717) is 0 Å². The molecule has 0 aliphatic carbocycles. The SMILES string of the molecule is CCCCN(C)C1CNCCC1C. The molecular weight excluding hydrogens is 160 g/mol. The van der Waals surface area contributed by atoms with Crippen molar-refractivity contribution in [2.75, 3.05) is 26.7 Å². The van der Waals surface area contributed by atoms with Gasteiger partial charge in [-0.2, -0.15) is 0 Å². The topological polar surface area (TPSA) is 15.3 Å². The normalized spacial score (nSPS) is 29.5. The molecule has 1 heterocycles. The van der Waals surface area contributed by atoms with Crippen molar-refractivity contribution in [3.63, 3.8) is 0 Å². The third kappa shape index (κ3) is 3.28. The lowest BCUT2D eigenvalue weighted by atomic mass is 9.93. The van der Waals surface area contributed by atoms with Gasteiger partial charge in [-0.1, -0.05) is 20.3 Å². The van der Waals surface area contributed by atoms with Crippen molar-refractivity contribution in [1.29, 1.82) is 0 Å². The molecule has 1 saturated heterocycles. The lowest BCUT2D eigenvalue weighted by Gasteiger charge is -2.36. The van der Waals surface area contributed by atoms with Crippen LogP contribution in [0.2, 0.25) is 0 Å². The van der Waals surface area contributed by atoms with Crippen LogP contribution in [0.25, 0.3) is 0 Å². The molecule has 0 saturated carbocycles. The summed E-state index contributed by atoms with van der Waals surface area (Å²) in [6.07, 6.45) is 3.97. The first-order valence-corrected chi connectivity index (χ1v) is 5.66. The van der Waals surface area contributed by atoms with E-state index in [1.165, 1.54) is 38.9 Å². The van der Waals surface area contributed by atoms with Crippen molar-refractivity contribution in [3.05, 3.63) is 0 Å². The van der Waals surface area contributed by atoms with Crippen LogP contribution < -0.4 is 5.32 Å². The standard InChI is InChI=1S/C11H24N2/c1-4-5-8-13(3)11-9-12-7-6-10(11)2/h10-12H,4-9H2,1-3H3. The molecule has 1 rings (SSSR count). The number of rotatable bonds is 4. The zero-order chi connectivity index (χ0) is 9.68. The Hall–Kier alpha value is -0.0800. The van der Waals surface area contributed by atoms with Crippen LogP contribution in [0.15, 0.2) is 0 Å². The average Bonchev–Trinajstić information content (AvgIpc) is 2.15. The van der Waals surface area contributed by atoms with Gasteiger partial charge in [0.05, 0.1) is 0 Å². The van der Waals surface area contributed by atoms with E-state index in [1.54, 1.807) is 0 Å². The first kappa shape index (κ1) is 11.0. The Kier molecular flexibility index (Phi) is 4.74. The highest BCUT2D eigenvalue weighted by molar-refractivity contribution is 4.81. The lowest BCUT2D eigenvalue weighted by Crippen LogP contribution is -2.49. The quantitative estimate of drug-likeness (QED) is 0.715. The molecule has 2 nitrogen and oxygen atoms in total. The van der Waals surface area contributed by atoms with Gasteiger partial charge in [-0.25, -0.2) is 0 Å². The third-order valence-electron chi connectivity index (χ3n) is 3.22. The zero-order valence-electron chi connectivity index (χ0n) is 9.34. The number of nitrogens with zero attached hydrogens (tertiary/aromatic N) is 1. The molecule has 13 heavy (non-hydrogen) atoms. The maximum Gasteiger partial charge on any atom is 0.0243 e. The molecule has 0 radical (unpaired) electrons. The Morgan fingerprint density at radius 2 is 2.23 bits per heavy atom. The van der Waals surface area contributed by atoms with Gasteiger partial charge in [-0.3, -0.25) is 0 Å². The van der Waals surface area contributed by atoms with Crippen molar-refractivity contribution in [2.45, 2.75) is 39.2 Å². The van der Waals surface area contributed by atoms with Gasteiger partial charge in [0, 0.05) is 12.6 Å². The van der Waals surface area contributed by atoms with Crippen LogP contribution in [0.4, 0.5) is 0 Å². The van der Waals surface area contributed by atoms with E-state index in [2.05, 4.69) is 31.1 Å². The molecule has 78 valence electrons. The van der Waals surface area contributed by atoms with Crippen LogP contribution in [-0.2, 0) is 0 Å². The molecule has 2 unspecified atom stereocenters. The molecule has 2 heteroatoms. The maximum atomic E-state index is 3.48. The summed E-state index contributed by atoms with van der Waals surface area (Å²) in [7, 11) is 2.27. The highest BCUT2D eigenvalue weighted by Gasteiger charge is 2.23. The molecule has 2 atom stereocenters. The van der Waals surface area contributed by atoms with Crippen LogP contribution >= 0.6 is 0 Å². The summed E-state index contributed by atoms with van der Waals surface area (Å²) in [5.41, 5.74) is 0. The van der Waals surface area contributed by atoms with Gasteiger partial charge in [-0.05, 0) is 38.9 Å². The third-order valence-corrected chi connectivity index (χ3v) is 3.22. The molecule has 0 aromatic heterocycles. The molecule has 0 amide bonds. The fourth-order valence-corrected chi connectivity index (χ4v) is 2.14. The Bertz CT molecular complexity index is 136. The number of unbranched alkanes of at least 4 members (excludes halogenated alkanes) is 1. The summed E-state index contributed by atoms with van der Waals surface area (Å²) < 4.78 is 0. The lowest BCUT2D eigenvalue weighted by molar-refractivity contribution is 0.150. The molecule has 1 aliphatic rings. The van der Waals surface area contributed by atoms with E-state index in [4.69, 9.17) is 0 Å². The zero-order valence-corrected chi connectivity index (χ0v) is 9.34. The first-order valence-electron chi connectivity index (χ1n) is 5.66. The van der Waals surface area contributed by atoms with Crippen LogP contribution in [0.5, 0.6) is 0 Å². The van der Waals surface area contributed by atoms with Gasteiger partial charge >= 0.3 is 0 Å². The minimum Gasteiger partial charge on any atom is -0.315 e. The summed E-state index contributed by atoms with van der Waals surface area (Å²) in [5, 5.41) is 3.48. The predicted octanol–water partition coefficient (Wildman–Crippen LogP) is 1.72. The van der Waals surface area contributed by atoms with E-state index < -0.39 is 0 Å². The average molecular weight is 184 g/mol. The van der Waals surface area contributed by atoms with Gasteiger partial charge in [-0.15, -0.1) is 0 Å². The number of hydrogen-bond acceptors (Lipinski definition) is 2. The van der Waals surface area contributed by atoms with Crippen LogP contribution in [0, 0.1) is 5.92 Å². The molecular formula is C11H24N2. The Morgan fingerprint density at radius 3 is 2.85 bits per heavy atom. The van der Waals surface area contributed by atoms with Crippen molar-refractivity contribution >= 4 is 0 Å². The van der Waals surface area contributed by atoms with Crippen LogP contribution in [-0.4, -0.2) is 37.6 Å². The van der Waals surface area contributed by atoms with Crippen LogP contribution in [0.1, 0.15) is 33.1 Å². The Morgan fingerprint density at radius 1 is 1.46 bits per heavy atom. The van der Waals surface area contributed by atoms with Gasteiger partial charge in [0.25, 0.3) is 0 Å². The smallest absolute Gasteiger partial charge is 0.0243 e. The Labute approximate surface area is 82.7 Å². The number of piperidine rings is 1. The predicted molar refractivity (Wildman–Crippen MR) is 58.0 cm³/mol. The fraction of sp³-hybridized carbons (Fsp3) is 1.00. The van der Waals surface area contributed by atoms with E-state index in [-0.39, 0.29) is 0 Å². The summed E-state index contributed by atoms with van der Waals surface area (Å²) in [4.78, 5) is 2.53. The molecule has 0 aromatic rings. The largest absolute Gasteiger partial charge is 0.315 e. The second-order valence-corrected chi connectivity index (χ2v) is 4.37. The minimum atomic E-state index is 0.764. The van der Waals surface area contributed by atoms with E-state index in [0.717, 1.165) is 12.0 Å². The van der Waals surface area contributed by atoms with Gasteiger partial charge in [0.1, 0.15) is 0 Å². The van der Waals surface area contributed by atoms with Crippen LogP contribution in [0.3, 0.4) is 0 Å². The fourth-order valence-electron chi connectivity index (χ4n) is 2.14. The molecule has 0 bridgehead atoms. The minimum absolute atomic E-state index is 0.764. The molecule has 1 aliphatic heterocycles. The van der Waals surface area contributed by atoms with Gasteiger partial charge < -0.3 is 10.2 Å². The second kappa shape index (κ2) is 5.61. The van der Waals surface area contributed by atoms with Gasteiger partial charge in [0.15, 0.2) is 0 Å². The maximum absolute atomic E-state index is 3.48. The van der Waals surface area contributed by atoms with Crippen molar-refractivity contribution in [2.24, 2.45) is 5.92 Å². The summed E-state index contributed by atoms with van der Waals surface area (Å²) in [6, 6.07) is 0.764. The van der Waals surface area contributed by atoms with E-state index in [1.807, 2.05) is 0 Å². The summed E-state index contributed by atoms with van der Waals surface area (Å²) >= 11 is 0. The highest BCUT2D eigenvalue weighted by atomic mass is 15.2. The second-order valence-electron chi connectivity index (χ2n) is 4.37. The molecule has 1 N–H and O–H groups in total. The van der Waals surface area contributed by atoms with Crippen molar-refractivity contribution < 1.29 is 0 Å².